The molecule has 0 saturated carbocycles. The summed E-state index contributed by atoms with van der Waals surface area (Å²) in [5.74, 6) is -0.641. The SMILES string of the molecule is O=C1c2ccccc2C(=O)N1CCC1(O)C(c2ccccc2)=Nc2ccccc21. The molecule has 3 aromatic carbocycles. The van der Waals surface area contributed by atoms with E-state index in [1.807, 2.05) is 54.6 Å². The lowest BCUT2D eigenvalue weighted by Crippen LogP contribution is -2.40. The zero-order valence-corrected chi connectivity index (χ0v) is 15.6. The molecule has 29 heavy (non-hydrogen) atoms. The highest BCUT2D eigenvalue weighted by Crippen LogP contribution is 2.43. The van der Waals surface area contributed by atoms with Gasteiger partial charge in [-0.3, -0.25) is 14.5 Å². The van der Waals surface area contributed by atoms with E-state index in [1.54, 1.807) is 24.3 Å². The summed E-state index contributed by atoms with van der Waals surface area (Å²) in [7, 11) is 0. The van der Waals surface area contributed by atoms with Gasteiger partial charge in [0.1, 0.15) is 5.60 Å². The van der Waals surface area contributed by atoms with E-state index in [9.17, 15) is 14.7 Å². The zero-order valence-electron chi connectivity index (χ0n) is 15.6. The molecule has 0 spiro atoms. The zero-order chi connectivity index (χ0) is 20.0. The maximum absolute atomic E-state index is 12.7. The van der Waals surface area contributed by atoms with Gasteiger partial charge in [0.2, 0.25) is 0 Å². The van der Waals surface area contributed by atoms with Crippen LogP contribution in [-0.4, -0.2) is 34.1 Å². The summed E-state index contributed by atoms with van der Waals surface area (Å²) in [6, 6.07) is 23.7. The Morgan fingerprint density at radius 1 is 0.793 bits per heavy atom. The molecule has 2 heterocycles. The fraction of sp³-hybridized carbons (Fsp3) is 0.125. The number of fused-ring (bicyclic) bond motifs is 2. The van der Waals surface area contributed by atoms with Gasteiger partial charge in [-0.05, 0) is 23.8 Å². The van der Waals surface area contributed by atoms with Crippen LogP contribution < -0.4 is 0 Å². The highest BCUT2D eigenvalue weighted by atomic mass is 16.3. The number of hydrogen-bond donors (Lipinski definition) is 1. The maximum Gasteiger partial charge on any atom is 0.261 e. The number of amides is 2. The predicted molar refractivity (Wildman–Crippen MR) is 109 cm³/mol. The van der Waals surface area contributed by atoms with Gasteiger partial charge in [0.25, 0.3) is 11.8 Å². The van der Waals surface area contributed by atoms with E-state index in [4.69, 9.17) is 0 Å². The molecule has 142 valence electrons. The lowest BCUT2D eigenvalue weighted by molar-refractivity contribution is 0.0571. The molecule has 1 N–H and O–H groups in total. The lowest BCUT2D eigenvalue weighted by atomic mass is 9.84. The predicted octanol–water partition coefficient (Wildman–Crippen LogP) is 3.69. The number of aliphatic imine (C=N–C) groups is 1. The number of hydrogen-bond acceptors (Lipinski definition) is 4. The Kier molecular flexibility index (Phi) is 3.93. The number of para-hydroxylation sites is 1. The third-order valence-electron chi connectivity index (χ3n) is 5.60. The third-order valence-corrected chi connectivity index (χ3v) is 5.60. The Hall–Kier alpha value is -3.57. The summed E-state index contributed by atoms with van der Waals surface area (Å²) in [5, 5.41) is 11.7. The van der Waals surface area contributed by atoms with Crippen molar-refractivity contribution in [1.82, 2.24) is 4.90 Å². The van der Waals surface area contributed by atoms with E-state index in [0.717, 1.165) is 5.56 Å². The lowest BCUT2D eigenvalue weighted by Gasteiger charge is -2.28. The normalized spacial score (nSPS) is 19.9. The molecule has 1 atom stereocenters. The maximum atomic E-state index is 12.7. The molecular formula is C24H18N2O3. The first-order chi connectivity index (χ1) is 14.1. The molecule has 0 fully saturated rings. The first-order valence-electron chi connectivity index (χ1n) is 9.51. The van der Waals surface area contributed by atoms with Gasteiger partial charge >= 0.3 is 0 Å². The molecule has 0 aliphatic carbocycles. The van der Waals surface area contributed by atoms with Crippen LogP contribution >= 0.6 is 0 Å². The molecule has 2 aliphatic heterocycles. The van der Waals surface area contributed by atoms with Crippen LogP contribution in [-0.2, 0) is 5.60 Å². The standard InChI is InChI=1S/C24H18N2O3/c27-22-17-10-4-5-11-18(17)23(28)26(22)15-14-24(29)19-12-6-7-13-20(19)25-21(24)16-8-2-1-3-9-16/h1-13,29H,14-15H2. The molecule has 5 rings (SSSR count). The summed E-state index contributed by atoms with van der Waals surface area (Å²) in [4.78, 5) is 31.3. The van der Waals surface area contributed by atoms with Crippen LogP contribution in [0.15, 0.2) is 83.9 Å². The molecule has 5 nitrogen and oxygen atoms in total. The summed E-state index contributed by atoms with van der Waals surface area (Å²) in [6.45, 7) is 0.100. The second-order valence-electron chi connectivity index (χ2n) is 7.26. The van der Waals surface area contributed by atoms with Crippen LogP contribution in [0.1, 0.15) is 38.3 Å². The number of aliphatic hydroxyl groups is 1. The number of carbonyl (C=O) groups excluding carboxylic acids is 2. The topological polar surface area (TPSA) is 70.0 Å². The molecule has 2 aliphatic rings. The van der Waals surface area contributed by atoms with E-state index in [2.05, 4.69) is 4.99 Å². The van der Waals surface area contributed by atoms with E-state index < -0.39 is 5.60 Å². The molecule has 0 aromatic heterocycles. The van der Waals surface area contributed by atoms with Crippen molar-refractivity contribution < 1.29 is 14.7 Å². The molecule has 0 radical (unpaired) electrons. The van der Waals surface area contributed by atoms with Crippen molar-refractivity contribution in [2.75, 3.05) is 6.54 Å². The Balaban J connectivity index is 1.49. The number of benzene rings is 3. The van der Waals surface area contributed by atoms with E-state index in [1.165, 1.54) is 4.90 Å². The van der Waals surface area contributed by atoms with Gasteiger partial charge < -0.3 is 5.11 Å². The Morgan fingerprint density at radius 3 is 2.07 bits per heavy atom. The Labute approximate surface area is 167 Å². The fourth-order valence-electron chi connectivity index (χ4n) is 4.13. The van der Waals surface area contributed by atoms with E-state index >= 15 is 0 Å². The van der Waals surface area contributed by atoms with Gasteiger partial charge in [-0.1, -0.05) is 60.7 Å². The van der Waals surface area contributed by atoms with Crippen LogP contribution in [0.3, 0.4) is 0 Å². The molecular weight excluding hydrogens is 364 g/mol. The van der Waals surface area contributed by atoms with Crippen molar-refractivity contribution in [2.45, 2.75) is 12.0 Å². The smallest absolute Gasteiger partial charge is 0.261 e. The monoisotopic (exact) mass is 382 g/mol. The van der Waals surface area contributed by atoms with Gasteiger partial charge in [0, 0.05) is 18.5 Å². The van der Waals surface area contributed by atoms with Gasteiger partial charge in [-0.15, -0.1) is 0 Å². The minimum atomic E-state index is -1.38. The summed E-state index contributed by atoms with van der Waals surface area (Å²) in [5.41, 5.74) is 2.19. The highest BCUT2D eigenvalue weighted by molar-refractivity contribution is 6.21. The van der Waals surface area contributed by atoms with Gasteiger partial charge in [-0.25, -0.2) is 4.99 Å². The molecule has 5 heteroatoms. The van der Waals surface area contributed by atoms with Crippen LogP contribution in [0.4, 0.5) is 5.69 Å². The van der Waals surface area contributed by atoms with Crippen LogP contribution in [0, 0.1) is 0 Å². The quantitative estimate of drug-likeness (QED) is 0.700. The largest absolute Gasteiger partial charge is 0.379 e. The minimum Gasteiger partial charge on any atom is -0.379 e. The van der Waals surface area contributed by atoms with E-state index in [-0.39, 0.29) is 24.8 Å². The van der Waals surface area contributed by atoms with Crippen LogP contribution in [0.5, 0.6) is 0 Å². The molecule has 3 aromatic rings. The summed E-state index contributed by atoms with van der Waals surface area (Å²) >= 11 is 0. The minimum absolute atomic E-state index is 0.100. The average Bonchev–Trinajstić information content (AvgIpc) is 3.19. The summed E-state index contributed by atoms with van der Waals surface area (Å²) < 4.78 is 0. The van der Waals surface area contributed by atoms with Crippen LogP contribution in [0.25, 0.3) is 0 Å². The number of carbonyl (C=O) groups is 2. The van der Waals surface area contributed by atoms with Gasteiger partial charge in [-0.2, -0.15) is 0 Å². The first kappa shape index (κ1) is 17.5. The second kappa shape index (κ2) is 6.50. The molecule has 2 amide bonds. The van der Waals surface area contributed by atoms with Crippen molar-refractivity contribution in [3.8, 4) is 0 Å². The van der Waals surface area contributed by atoms with E-state index in [0.29, 0.717) is 28.1 Å². The van der Waals surface area contributed by atoms with Gasteiger partial charge in [0.15, 0.2) is 0 Å². The first-order valence-corrected chi connectivity index (χ1v) is 9.51. The number of rotatable bonds is 4. The van der Waals surface area contributed by atoms with Gasteiger partial charge in [0.05, 0.1) is 22.5 Å². The fourth-order valence-corrected chi connectivity index (χ4v) is 4.13. The third kappa shape index (κ3) is 2.62. The van der Waals surface area contributed by atoms with Crippen molar-refractivity contribution >= 4 is 23.2 Å². The number of nitrogens with zero attached hydrogens (tertiary/aromatic N) is 2. The number of imide groups is 1. The van der Waals surface area contributed by atoms with Crippen LogP contribution in [0.2, 0.25) is 0 Å². The van der Waals surface area contributed by atoms with Crippen molar-refractivity contribution in [3.63, 3.8) is 0 Å². The van der Waals surface area contributed by atoms with Crippen molar-refractivity contribution in [1.29, 1.82) is 0 Å². The summed E-state index contributed by atoms with van der Waals surface area (Å²) in [6.07, 6.45) is 0.170. The Morgan fingerprint density at radius 2 is 1.38 bits per heavy atom. The van der Waals surface area contributed by atoms with Crippen molar-refractivity contribution in [2.24, 2.45) is 4.99 Å². The second-order valence-corrected chi connectivity index (χ2v) is 7.26. The molecule has 0 bridgehead atoms. The van der Waals surface area contributed by atoms with Crippen molar-refractivity contribution in [3.05, 3.63) is 101 Å². The molecule has 0 saturated heterocycles. The Bertz CT molecular complexity index is 1130. The average molecular weight is 382 g/mol. The highest BCUT2D eigenvalue weighted by Gasteiger charge is 2.44. The molecule has 1 unspecified atom stereocenters.